The van der Waals surface area contributed by atoms with Crippen molar-refractivity contribution in [2.24, 2.45) is 0 Å². The second-order valence-corrected chi connectivity index (χ2v) is 5.07. The Bertz CT molecular complexity index is 313. The summed E-state index contributed by atoms with van der Waals surface area (Å²) in [6, 6.07) is 2.24. The molecule has 2 rings (SSSR count). The third-order valence-corrected chi connectivity index (χ3v) is 2.54. The summed E-state index contributed by atoms with van der Waals surface area (Å²) in [4.78, 5) is 0. The number of hydrogen-bond acceptors (Lipinski definition) is 1. The van der Waals surface area contributed by atoms with Gasteiger partial charge in [-0.3, -0.25) is 4.68 Å². The summed E-state index contributed by atoms with van der Waals surface area (Å²) < 4.78 is 2.14. The Hall–Kier alpha value is -0.790. The van der Waals surface area contributed by atoms with Gasteiger partial charge in [-0.1, -0.05) is 0 Å². The summed E-state index contributed by atoms with van der Waals surface area (Å²) in [6.45, 7) is 8.74. The van der Waals surface area contributed by atoms with Crippen molar-refractivity contribution in [1.82, 2.24) is 9.78 Å². The van der Waals surface area contributed by atoms with Crippen LogP contribution in [-0.4, -0.2) is 9.78 Å². The molecule has 2 nitrogen and oxygen atoms in total. The van der Waals surface area contributed by atoms with Crippen LogP contribution >= 0.6 is 0 Å². The van der Waals surface area contributed by atoms with Crippen molar-refractivity contribution in [1.29, 1.82) is 0 Å². The van der Waals surface area contributed by atoms with Crippen molar-refractivity contribution in [3.63, 3.8) is 0 Å². The lowest BCUT2D eigenvalue weighted by Crippen LogP contribution is -2.24. The molecule has 0 bridgehead atoms. The SMILES string of the molecule is Cc1cc(C2CC2)nn1C(C)(C)C. The predicted molar refractivity (Wildman–Crippen MR) is 53.9 cm³/mol. The molecule has 0 N–H and O–H groups in total. The van der Waals surface area contributed by atoms with Gasteiger partial charge in [0.1, 0.15) is 0 Å². The van der Waals surface area contributed by atoms with Crippen molar-refractivity contribution < 1.29 is 0 Å². The topological polar surface area (TPSA) is 17.8 Å². The van der Waals surface area contributed by atoms with E-state index in [1.807, 2.05) is 0 Å². The molecule has 0 radical (unpaired) electrons. The maximum atomic E-state index is 4.66. The van der Waals surface area contributed by atoms with Crippen molar-refractivity contribution in [3.8, 4) is 0 Å². The van der Waals surface area contributed by atoms with Crippen LogP contribution < -0.4 is 0 Å². The standard InChI is InChI=1S/C11H18N2/c1-8-7-10(9-5-6-9)12-13(8)11(2,3)4/h7,9H,5-6H2,1-4H3. The average molecular weight is 178 g/mol. The Balaban J connectivity index is 2.35. The first kappa shape index (κ1) is 8.79. The van der Waals surface area contributed by atoms with Gasteiger partial charge in [-0.05, 0) is 46.6 Å². The van der Waals surface area contributed by atoms with Gasteiger partial charge in [0.15, 0.2) is 0 Å². The van der Waals surface area contributed by atoms with Crippen LogP contribution in [0.4, 0.5) is 0 Å². The zero-order chi connectivity index (χ0) is 9.64. The summed E-state index contributed by atoms with van der Waals surface area (Å²) >= 11 is 0. The number of nitrogens with zero attached hydrogens (tertiary/aromatic N) is 2. The second kappa shape index (κ2) is 2.60. The fraction of sp³-hybridized carbons (Fsp3) is 0.727. The van der Waals surface area contributed by atoms with Crippen LogP contribution in [0, 0.1) is 6.92 Å². The van der Waals surface area contributed by atoms with Gasteiger partial charge in [0.2, 0.25) is 0 Å². The maximum Gasteiger partial charge on any atom is 0.0658 e. The predicted octanol–water partition coefficient (Wildman–Crippen LogP) is 2.82. The molecular weight excluding hydrogens is 160 g/mol. The van der Waals surface area contributed by atoms with E-state index in [9.17, 15) is 0 Å². The number of rotatable bonds is 1. The highest BCUT2D eigenvalue weighted by molar-refractivity contribution is 5.18. The lowest BCUT2D eigenvalue weighted by atomic mass is 10.1. The molecule has 0 atom stereocenters. The van der Waals surface area contributed by atoms with Gasteiger partial charge < -0.3 is 0 Å². The summed E-state index contributed by atoms with van der Waals surface area (Å²) in [5.74, 6) is 0.766. The van der Waals surface area contributed by atoms with E-state index in [2.05, 4.69) is 43.5 Å². The molecule has 1 aliphatic rings. The molecule has 0 aliphatic heterocycles. The smallest absolute Gasteiger partial charge is 0.0658 e. The van der Waals surface area contributed by atoms with E-state index >= 15 is 0 Å². The van der Waals surface area contributed by atoms with Crippen LogP contribution in [0.1, 0.15) is 50.9 Å². The van der Waals surface area contributed by atoms with E-state index in [0.29, 0.717) is 0 Å². The molecule has 0 saturated heterocycles. The molecule has 1 fully saturated rings. The van der Waals surface area contributed by atoms with Crippen LogP contribution in [0.5, 0.6) is 0 Å². The van der Waals surface area contributed by atoms with E-state index < -0.39 is 0 Å². The second-order valence-electron chi connectivity index (χ2n) is 5.07. The van der Waals surface area contributed by atoms with Crippen LogP contribution in [0.25, 0.3) is 0 Å². The normalized spacial score (nSPS) is 17.8. The molecule has 0 unspecified atom stereocenters. The molecular formula is C11H18N2. The molecule has 1 heterocycles. The number of hydrogen-bond donors (Lipinski definition) is 0. The molecule has 1 saturated carbocycles. The van der Waals surface area contributed by atoms with E-state index in [-0.39, 0.29) is 5.54 Å². The Kier molecular flexibility index (Phi) is 1.76. The van der Waals surface area contributed by atoms with Gasteiger partial charge in [-0.25, -0.2) is 0 Å². The van der Waals surface area contributed by atoms with Crippen LogP contribution in [0.3, 0.4) is 0 Å². The summed E-state index contributed by atoms with van der Waals surface area (Å²) in [5, 5.41) is 4.66. The Morgan fingerprint density at radius 3 is 2.38 bits per heavy atom. The first-order valence-corrected chi connectivity index (χ1v) is 5.05. The average Bonchev–Trinajstić information content (AvgIpc) is 2.73. The third-order valence-electron chi connectivity index (χ3n) is 2.54. The van der Waals surface area contributed by atoms with Gasteiger partial charge in [0.25, 0.3) is 0 Å². The molecule has 0 spiro atoms. The molecule has 0 aromatic carbocycles. The number of aromatic nitrogens is 2. The molecule has 1 aliphatic carbocycles. The summed E-state index contributed by atoms with van der Waals surface area (Å²) in [6.07, 6.45) is 2.67. The van der Waals surface area contributed by atoms with Crippen LogP contribution in [0.2, 0.25) is 0 Å². The molecule has 2 heteroatoms. The molecule has 72 valence electrons. The van der Waals surface area contributed by atoms with Crippen molar-refractivity contribution >= 4 is 0 Å². The van der Waals surface area contributed by atoms with E-state index in [4.69, 9.17) is 0 Å². The fourth-order valence-electron chi connectivity index (χ4n) is 1.76. The first-order valence-electron chi connectivity index (χ1n) is 5.05. The van der Waals surface area contributed by atoms with Crippen molar-refractivity contribution in [3.05, 3.63) is 17.5 Å². The maximum absolute atomic E-state index is 4.66. The minimum Gasteiger partial charge on any atom is -0.264 e. The zero-order valence-electron chi connectivity index (χ0n) is 8.96. The minimum atomic E-state index is 0.122. The molecule has 13 heavy (non-hydrogen) atoms. The van der Waals surface area contributed by atoms with Gasteiger partial charge >= 0.3 is 0 Å². The minimum absolute atomic E-state index is 0.122. The molecule has 0 amide bonds. The largest absolute Gasteiger partial charge is 0.264 e. The lowest BCUT2D eigenvalue weighted by molar-refractivity contribution is 0.346. The van der Waals surface area contributed by atoms with Gasteiger partial charge in [-0.15, -0.1) is 0 Å². The summed E-state index contributed by atoms with van der Waals surface area (Å²) in [5.41, 5.74) is 2.71. The molecule has 1 aromatic heterocycles. The quantitative estimate of drug-likeness (QED) is 0.646. The lowest BCUT2D eigenvalue weighted by Gasteiger charge is -2.21. The van der Waals surface area contributed by atoms with Gasteiger partial charge in [0.05, 0.1) is 11.2 Å². The van der Waals surface area contributed by atoms with E-state index in [1.54, 1.807) is 0 Å². The monoisotopic (exact) mass is 178 g/mol. The zero-order valence-corrected chi connectivity index (χ0v) is 8.96. The Morgan fingerprint density at radius 1 is 1.38 bits per heavy atom. The Labute approximate surface area is 80.0 Å². The fourth-order valence-corrected chi connectivity index (χ4v) is 1.76. The first-order chi connectivity index (χ1) is 5.98. The van der Waals surface area contributed by atoms with Gasteiger partial charge in [0, 0.05) is 11.6 Å². The summed E-state index contributed by atoms with van der Waals surface area (Å²) in [7, 11) is 0. The van der Waals surface area contributed by atoms with Crippen molar-refractivity contribution in [2.45, 2.75) is 52.0 Å². The highest BCUT2D eigenvalue weighted by atomic mass is 15.3. The van der Waals surface area contributed by atoms with E-state index in [1.165, 1.54) is 24.2 Å². The van der Waals surface area contributed by atoms with Gasteiger partial charge in [-0.2, -0.15) is 5.10 Å². The third kappa shape index (κ3) is 1.62. The van der Waals surface area contributed by atoms with E-state index in [0.717, 1.165) is 5.92 Å². The van der Waals surface area contributed by atoms with Crippen LogP contribution in [0.15, 0.2) is 6.07 Å². The highest BCUT2D eigenvalue weighted by Crippen LogP contribution is 2.39. The Morgan fingerprint density at radius 2 is 2.00 bits per heavy atom. The molecule has 1 aromatic rings. The van der Waals surface area contributed by atoms with Crippen molar-refractivity contribution in [2.75, 3.05) is 0 Å². The van der Waals surface area contributed by atoms with Crippen LogP contribution in [-0.2, 0) is 5.54 Å². The highest BCUT2D eigenvalue weighted by Gasteiger charge is 2.28. The number of aryl methyl sites for hydroxylation is 1.